The minimum atomic E-state index is -0.553. The molecule has 0 radical (unpaired) electrons. The highest BCUT2D eigenvalue weighted by Crippen LogP contribution is 2.05. The van der Waals surface area contributed by atoms with Crippen LogP contribution in [0.5, 0.6) is 0 Å². The molecule has 1 aromatic rings. The highest BCUT2D eigenvalue weighted by Gasteiger charge is 2.26. The average Bonchev–Trinajstić information content (AvgIpc) is 2.51. The van der Waals surface area contributed by atoms with Gasteiger partial charge in [0.05, 0.1) is 6.61 Å². The first kappa shape index (κ1) is 9.50. The lowest BCUT2D eigenvalue weighted by molar-refractivity contribution is -0.771. The van der Waals surface area contributed by atoms with Crippen molar-refractivity contribution in [1.82, 2.24) is 5.27 Å². The van der Waals surface area contributed by atoms with Crippen molar-refractivity contribution < 1.29 is 18.7 Å². The second-order valence-electron chi connectivity index (χ2n) is 2.47. The average molecular weight is 185 g/mol. The highest BCUT2D eigenvalue weighted by atomic mass is 16.5. The Labute approximate surface area is 75.2 Å². The summed E-state index contributed by atoms with van der Waals surface area (Å²) in [6.45, 7) is 3.68. The lowest BCUT2D eigenvalue weighted by atomic mass is 10.3. The van der Waals surface area contributed by atoms with Crippen molar-refractivity contribution in [3.05, 3.63) is 11.9 Å². The fourth-order valence-corrected chi connectivity index (χ4v) is 0.812. The number of rotatable bonds is 3. The van der Waals surface area contributed by atoms with Gasteiger partial charge in [-0.25, -0.2) is 4.79 Å². The summed E-state index contributed by atoms with van der Waals surface area (Å²) in [6, 6.07) is -0.553. The summed E-state index contributed by atoms with van der Waals surface area (Å²) in [5.74, 6) is -0.475. The standard InChI is InChI=1S/C7H11N3O3/c1-3-12-7(11)5(2)10-4-6(8)13-9-10/h4-5H,3H2,1-2H3,(H-,8,9). The third kappa shape index (κ3) is 2.17. The molecule has 0 aliphatic rings. The second-order valence-corrected chi connectivity index (χ2v) is 2.47. The number of hydrogen-bond donors (Lipinski definition) is 0. The predicted molar refractivity (Wildman–Crippen MR) is 42.0 cm³/mol. The number of hydrogen-bond acceptors (Lipinski definition) is 4. The quantitative estimate of drug-likeness (QED) is 0.514. The molecule has 0 aliphatic carbocycles. The Balaban J connectivity index is 2.67. The summed E-state index contributed by atoms with van der Waals surface area (Å²) in [6.07, 6.45) is 1.32. The Morgan fingerprint density at radius 1 is 1.92 bits per heavy atom. The van der Waals surface area contributed by atoms with E-state index < -0.39 is 6.04 Å². The van der Waals surface area contributed by atoms with E-state index in [1.54, 1.807) is 13.8 Å². The zero-order chi connectivity index (χ0) is 9.84. The van der Waals surface area contributed by atoms with Crippen LogP contribution in [0.3, 0.4) is 0 Å². The van der Waals surface area contributed by atoms with Gasteiger partial charge in [0.1, 0.15) is 5.88 Å². The summed E-state index contributed by atoms with van der Waals surface area (Å²) in [5, 5.41) is 3.47. The highest BCUT2D eigenvalue weighted by molar-refractivity contribution is 5.71. The van der Waals surface area contributed by atoms with Crippen molar-refractivity contribution in [1.29, 1.82) is 0 Å². The van der Waals surface area contributed by atoms with Crippen LogP contribution in [0.1, 0.15) is 19.9 Å². The number of nitrogens with one attached hydrogen (secondary N) is 1. The summed E-state index contributed by atoms with van der Waals surface area (Å²) in [5.41, 5.74) is 7.05. The minimum Gasteiger partial charge on any atom is -0.660 e. The van der Waals surface area contributed by atoms with E-state index >= 15 is 0 Å². The maximum Gasteiger partial charge on any atom is 0.378 e. The number of aromatic nitrogens is 2. The lowest BCUT2D eigenvalue weighted by Gasteiger charge is -2.00. The van der Waals surface area contributed by atoms with Crippen LogP contribution in [0.2, 0.25) is 0 Å². The van der Waals surface area contributed by atoms with E-state index in [-0.39, 0.29) is 11.9 Å². The molecule has 0 aliphatic heterocycles. The molecule has 1 rings (SSSR count). The largest absolute Gasteiger partial charge is 0.660 e. The maximum atomic E-state index is 11.2. The third-order valence-electron chi connectivity index (χ3n) is 1.51. The molecule has 0 amide bonds. The molecule has 0 saturated heterocycles. The monoisotopic (exact) mass is 185 g/mol. The smallest absolute Gasteiger partial charge is 0.378 e. The van der Waals surface area contributed by atoms with Crippen LogP contribution in [0.15, 0.2) is 10.7 Å². The second kappa shape index (κ2) is 3.88. The Kier molecular flexibility index (Phi) is 2.84. The SMILES string of the molecule is CCOC(=O)C(C)[n+]1cc([NH-])on1. The molecular weight excluding hydrogens is 174 g/mol. The van der Waals surface area contributed by atoms with E-state index in [1.807, 2.05) is 0 Å². The van der Waals surface area contributed by atoms with Gasteiger partial charge in [0.2, 0.25) is 6.20 Å². The Morgan fingerprint density at radius 2 is 2.62 bits per heavy atom. The van der Waals surface area contributed by atoms with Crippen LogP contribution in [0.4, 0.5) is 5.88 Å². The van der Waals surface area contributed by atoms with Crippen LogP contribution < -0.4 is 4.68 Å². The van der Waals surface area contributed by atoms with Crippen molar-refractivity contribution in [2.75, 3.05) is 6.61 Å². The van der Waals surface area contributed by atoms with E-state index in [9.17, 15) is 4.79 Å². The van der Waals surface area contributed by atoms with Crippen LogP contribution >= 0.6 is 0 Å². The van der Waals surface area contributed by atoms with Gasteiger partial charge in [0, 0.05) is 6.92 Å². The van der Waals surface area contributed by atoms with Gasteiger partial charge < -0.3 is 15.0 Å². The van der Waals surface area contributed by atoms with Crippen molar-refractivity contribution in [2.45, 2.75) is 19.9 Å². The molecule has 1 heterocycles. The topological polar surface area (TPSA) is 80.0 Å². The zero-order valence-corrected chi connectivity index (χ0v) is 7.48. The van der Waals surface area contributed by atoms with Gasteiger partial charge in [-0.15, -0.1) is 0 Å². The van der Waals surface area contributed by atoms with Gasteiger partial charge in [-0.2, -0.15) is 0 Å². The van der Waals surface area contributed by atoms with Crippen molar-refractivity contribution in [3.8, 4) is 0 Å². The molecule has 1 unspecified atom stereocenters. The molecular formula is C7H11N3O3. The molecule has 1 atom stereocenters. The van der Waals surface area contributed by atoms with Crippen molar-refractivity contribution >= 4 is 11.9 Å². The predicted octanol–water partition coefficient (Wildman–Crippen LogP) is 0.770. The van der Waals surface area contributed by atoms with Crippen LogP contribution in [0, 0.1) is 0 Å². The van der Waals surface area contributed by atoms with E-state index in [4.69, 9.17) is 10.5 Å². The number of carbonyl (C=O) groups is 1. The Hall–Kier alpha value is -1.59. The fraction of sp³-hybridized carbons (Fsp3) is 0.571. The summed E-state index contributed by atoms with van der Waals surface area (Å²) < 4.78 is 10.5. The third-order valence-corrected chi connectivity index (χ3v) is 1.51. The van der Waals surface area contributed by atoms with Crippen LogP contribution in [0.25, 0.3) is 5.73 Å². The first-order valence-electron chi connectivity index (χ1n) is 3.91. The van der Waals surface area contributed by atoms with E-state index in [2.05, 4.69) is 9.79 Å². The molecule has 0 fully saturated rings. The Morgan fingerprint density at radius 3 is 3.08 bits per heavy atom. The van der Waals surface area contributed by atoms with Crippen LogP contribution in [-0.4, -0.2) is 17.8 Å². The van der Waals surface area contributed by atoms with E-state index in [1.165, 1.54) is 10.9 Å². The maximum absolute atomic E-state index is 11.2. The summed E-state index contributed by atoms with van der Waals surface area (Å²) in [7, 11) is 0. The number of esters is 1. The van der Waals surface area contributed by atoms with Gasteiger partial charge in [0.15, 0.2) is 5.27 Å². The molecule has 6 heteroatoms. The van der Waals surface area contributed by atoms with Gasteiger partial charge >= 0.3 is 5.97 Å². The van der Waals surface area contributed by atoms with Crippen molar-refractivity contribution in [2.24, 2.45) is 0 Å². The molecule has 72 valence electrons. The number of ether oxygens (including phenoxy) is 1. The molecule has 0 aromatic carbocycles. The molecule has 6 nitrogen and oxygen atoms in total. The fourth-order valence-electron chi connectivity index (χ4n) is 0.812. The minimum absolute atomic E-state index is 0.0869. The number of carbonyl (C=O) groups excluding carboxylic acids is 1. The Bertz CT molecular complexity index is 297. The molecule has 1 aromatic heterocycles. The van der Waals surface area contributed by atoms with Gasteiger partial charge in [0.25, 0.3) is 6.04 Å². The molecule has 13 heavy (non-hydrogen) atoms. The number of nitrogens with zero attached hydrogens (tertiary/aromatic N) is 2. The summed E-state index contributed by atoms with van der Waals surface area (Å²) >= 11 is 0. The molecule has 0 saturated carbocycles. The lowest BCUT2D eigenvalue weighted by Crippen LogP contribution is -2.43. The molecule has 0 bridgehead atoms. The first-order chi connectivity index (χ1) is 6.15. The zero-order valence-electron chi connectivity index (χ0n) is 7.48. The summed E-state index contributed by atoms with van der Waals surface area (Å²) in [4.78, 5) is 11.2. The van der Waals surface area contributed by atoms with Gasteiger partial charge in [-0.1, -0.05) is 0 Å². The molecule has 1 N–H and O–H groups in total. The molecule has 0 spiro atoms. The first-order valence-corrected chi connectivity index (χ1v) is 3.91. The van der Waals surface area contributed by atoms with Gasteiger partial charge in [-0.05, 0) is 11.6 Å². The van der Waals surface area contributed by atoms with Crippen molar-refractivity contribution in [3.63, 3.8) is 0 Å². The van der Waals surface area contributed by atoms with Crippen LogP contribution in [-0.2, 0) is 9.53 Å². The van der Waals surface area contributed by atoms with E-state index in [0.717, 1.165) is 0 Å². The van der Waals surface area contributed by atoms with E-state index in [0.29, 0.717) is 6.61 Å². The normalized spacial score (nSPS) is 12.5. The van der Waals surface area contributed by atoms with Gasteiger partial charge in [-0.3, -0.25) is 0 Å².